The number of thioether (sulfide) groups is 1. The zero-order valence-corrected chi connectivity index (χ0v) is 47.6. The lowest BCUT2D eigenvalue weighted by Crippen LogP contribution is -2.52. The number of carbonyl (C=O) groups excluding carboxylic acids is 10. The van der Waals surface area contributed by atoms with Gasteiger partial charge in [0.15, 0.2) is 5.60 Å². The molecule has 5 atom stereocenters. The van der Waals surface area contributed by atoms with Crippen molar-refractivity contribution in [3.8, 4) is 11.4 Å². The van der Waals surface area contributed by atoms with E-state index in [0.29, 0.717) is 82.2 Å². The average Bonchev–Trinajstić information content (AvgIpc) is 1.73. The predicted molar refractivity (Wildman–Crippen MR) is 300 cm³/mol. The molecule has 0 radical (unpaired) electrons. The number of aliphatic carboxylic acids is 1. The summed E-state index contributed by atoms with van der Waals surface area (Å²) in [6.07, 6.45) is 1.83. The molecule has 5 heterocycles. The molecule has 28 heteroatoms. The van der Waals surface area contributed by atoms with E-state index >= 15 is 4.39 Å². The number of ether oxygens (including phenoxy) is 2. The quantitative estimate of drug-likeness (QED) is 0.0142. The van der Waals surface area contributed by atoms with Crippen LogP contribution in [-0.2, 0) is 93.8 Å². The number of amides is 9. The van der Waals surface area contributed by atoms with Crippen molar-refractivity contribution in [2.75, 3.05) is 45.3 Å². The number of unbranched alkanes of at least 4 members (excludes halogenated alkanes) is 2. The Balaban J connectivity index is 0.759. The number of rotatable bonds is 27. The number of cyclic esters (lactones) is 1. The second-order valence-electron chi connectivity index (χ2n) is 21.0. The number of carboxylic acid groups (broad SMARTS) is 1. The number of esters is 1. The van der Waals surface area contributed by atoms with Crippen molar-refractivity contribution in [1.29, 1.82) is 0 Å². The van der Waals surface area contributed by atoms with Gasteiger partial charge in [0.25, 0.3) is 5.56 Å². The first-order valence-corrected chi connectivity index (χ1v) is 28.7. The Kier molecular flexibility index (Phi) is 20.1. The molecule has 4 aliphatic rings. The lowest BCUT2D eigenvalue weighted by Gasteiger charge is -2.31. The molecule has 8 rings (SSSR count). The number of benzene rings is 2. The third-order valence-electron chi connectivity index (χ3n) is 15.2. The van der Waals surface area contributed by atoms with Crippen molar-refractivity contribution in [2.45, 2.75) is 121 Å². The zero-order chi connectivity index (χ0) is 61.3. The van der Waals surface area contributed by atoms with Crippen LogP contribution in [0.5, 0.6) is 0 Å². The van der Waals surface area contributed by atoms with Crippen LogP contribution < -0.4 is 42.8 Å². The van der Waals surface area contributed by atoms with Gasteiger partial charge < -0.3 is 61.5 Å². The fourth-order valence-corrected chi connectivity index (χ4v) is 11.9. The van der Waals surface area contributed by atoms with Crippen molar-refractivity contribution in [3.63, 3.8) is 0 Å². The molecule has 9 amide bonds. The van der Waals surface area contributed by atoms with Crippen molar-refractivity contribution < 1.29 is 76.8 Å². The van der Waals surface area contributed by atoms with Gasteiger partial charge in [0, 0.05) is 61.1 Å². The third-order valence-corrected chi connectivity index (χ3v) is 16.5. The average molecular weight is 1200 g/mol. The van der Waals surface area contributed by atoms with E-state index < -0.39 is 138 Å². The first-order chi connectivity index (χ1) is 40.6. The molecule has 0 saturated carbocycles. The van der Waals surface area contributed by atoms with Crippen LogP contribution in [0.2, 0.25) is 0 Å². The summed E-state index contributed by atoms with van der Waals surface area (Å²) in [6, 6.07) is 8.47. The fraction of sp³-hybridized carbons (Fsp3) is 0.456. The lowest BCUT2D eigenvalue weighted by molar-refractivity contribution is -0.172. The Morgan fingerprint density at radius 2 is 1.59 bits per heavy atom. The number of nitrogens with one attached hydrogen (secondary N) is 7. The van der Waals surface area contributed by atoms with Gasteiger partial charge in [-0.15, -0.1) is 11.8 Å². The van der Waals surface area contributed by atoms with Crippen LogP contribution in [0.4, 0.5) is 4.39 Å². The molecule has 452 valence electrons. The van der Waals surface area contributed by atoms with Gasteiger partial charge in [0.1, 0.15) is 37.8 Å². The normalized spacial score (nSPS) is 18.0. The first-order valence-electron chi connectivity index (χ1n) is 27.6. The summed E-state index contributed by atoms with van der Waals surface area (Å²) >= 11 is 0.979. The molecule has 0 spiro atoms. The maximum atomic E-state index is 15.4. The summed E-state index contributed by atoms with van der Waals surface area (Å²) in [7, 11) is 0. The molecule has 1 aliphatic carbocycles. The summed E-state index contributed by atoms with van der Waals surface area (Å²) in [4.78, 5) is 159. The van der Waals surface area contributed by atoms with E-state index in [4.69, 9.17) is 14.5 Å². The van der Waals surface area contributed by atoms with Gasteiger partial charge in [0.05, 0.1) is 59.9 Å². The molecular formula is C57H65FN10O16S. The van der Waals surface area contributed by atoms with Crippen molar-refractivity contribution in [2.24, 2.45) is 0 Å². The Labute approximate surface area is 489 Å². The number of carboxylic acids is 1. The van der Waals surface area contributed by atoms with Crippen LogP contribution in [-0.4, -0.2) is 152 Å². The van der Waals surface area contributed by atoms with Crippen LogP contribution in [0.1, 0.15) is 104 Å². The van der Waals surface area contributed by atoms with E-state index in [1.807, 2.05) is 0 Å². The molecule has 3 aliphatic heterocycles. The number of hydrogen-bond donors (Lipinski definition) is 9. The van der Waals surface area contributed by atoms with Crippen LogP contribution in [0.25, 0.3) is 22.3 Å². The number of nitrogens with zero attached hydrogens (tertiary/aromatic N) is 3. The molecule has 1 saturated heterocycles. The minimum Gasteiger partial charge on any atom is -0.480 e. The summed E-state index contributed by atoms with van der Waals surface area (Å²) < 4.78 is 27.6. The van der Waals surface area contributed by atoms with Gasteiger partial charge in [-0.3, -0.25) is 52.8 Å². The number of aryl methyl sites for hydroxylation is 1. The smallest absolute Gasteiger partial charge is 0.343 e. The Bertz CT molecular complexity index is 3430. The number of halogens is 1. The van der Waals surface area contributed by atoms with E-state index in [9.17, 15) is 67.7 Å². The summed E-state index contributed by atoms with van der Waals surface area (Å²) in [5.74, 6) is -8.03. The zero-order valence-electron chi connectivity index (χ0n) is 46.8. The van der Waals surface area contributed by atoms with Crippen molar-refractivity contribution in [1.82, 2.24) is 51.7 Å². The minimum absolute atomic E-state index is 0.00761. The van der Waals surface area contributed by atoms with Crippen LogP contribution in [0.15, 0.2) is 47.3 Å². The topological polar surface area (TPSA) is 369 Å². The highest BCUT2D eigenvalue weighted by Crippen LogP contribution is 2.46. The second kappa shape index (κ2) is 27.4. The van der Waals surface area contributed by atoms with Gasteiger partial charge in [-0.1, -0.05) is 43.7 Å². The number of likely N-dealkylation sites (tertiary alicyclic amines) is 1. The highest BCUT2D eigenvalue weighted by atomic mass is 32.2. The van der Waals surface area contributed by atoms with Gasteiger partial charge >= 0.3 is 11.9 Å². The van der Waals surface area contributed by atoms with Crippen molar-refractivity contribution >= 4 is 87.8 Å². The molecule has 0 bridgehead atoms. The molecule has 85 heavy (non-hydrogen) atoms. The van der Waals surface area contributed by atoms with E-state index in [-0.39, 0.29) is 62.3 Å². The molecule has 4 aromatic rings. The van der Waals surface area contributed by atoms with E-state index in [2.05, 4.69) is 37.2 Å². The van der Waals surface area contributed by atoms with Crippen LogP contribution >= 0.6 is 11.8 Å². The fourth-order valence-electron chi connectivity index (χ4n) is 10.8. The van der Waals surface area contributed by atoms with Gasteiger partial charge in [-0.25, -0.2) is 19.0 Å². The predicted octanol–water partition coefficient (Wildman–Crippen LogP) is -0.193. The molecule has 1 unspecified atom stereocenters. The standard InChI is InChI=1S/C57H65FN10O16S/c1-4-57(82)35-18-41-51-33(24-68(41)53(77)34(35)25-84-56(57)81)50-37(15-14-32-29(2)36(58)19-38(66-51)49(32)50)64-47(74)26-83-28-62-45(72)22-61-52(76)39(17-31-11-7-5-8-12-31)65-46(73)23-60-44(71)21-59-43(70)13-9-6-10-16-67-48(75)20-42(54(67)78)85-27-40(55(79)80)63-30(3)69/h5,7-8,11-12,18-19,37,39-40,42,82H,4,6,9-10,13-17,20-28H2,1-3H3,(H,59,70)(H,60,71)(H,61,76)(H,62,72)(H,63,69)(H,64,74)(H,65,73)(H,79,80)/t37-,39-,40-,42?,57-/m0/s1. The number of hydrogen-bond acceptors (Lipinski definition) is 17. The Morgan fingerprint density at radius 3 is 2.32 bits per heavy atom. The molecule has 26 nitrogen and oxygen atoms in total. The largest absolute Gasteiger partial charge is 0.480 e. The van der Waals surface area contributed by atoms with Crippen LogP contribution in [0, 0.1) is 12.7 Å². The third kappa shape index (κ3) is 14.5. The number of pyridine rings is 2. The van der Waals surface area contributed by atoms with E-state index in [0.717, 1.165) is 16.7 Å². The summed E-state index contributed by atoms with van der Waals surface area (Å²) in [5.41, 5.74) is 1.70. The first kappa shape index (κ1) is 62.4. The second-order valence-corrected chi connectivity index (χ2v) is 22.2. The highest BCUT2D eigenvalue weighted by molar-refractivity contribution is 8.00. The molecule has 9 N–H and O–H groups in total. The number of aromatic nitrogens is 2. The lowest BCUT2D eigenvalue weighted by atomic mass is 9.81. The minimum atomic E-state index is -2.06. The molecular weight excluding hydrogens is 1130 g/mol. The van der Waals surface area contributed by atoms with Crippen LogP contribution in [0.3, 0.4) is 0 Å². The molecule has 2 aromatic heterocycles. The maximum absolute atomic E-state index is 15.4. The maximum Gasteiger partial charge on any atom is 0.343 e. The summed E-state index contributed by atoms with van der Waals surface area (Å²) in [5, 5.41) is 38.1. The number of fused-ring (bicyclic) bond motifs is 5. The van der Waals surface area contributed by atoms with Gasteiger partial charge in [-0.05, 0) is 67.3 Å². The van der Waals surface area contributed by atoms with Crippen molar-refractivity contribution in [3.05, 3.63) is 97.6 Å². The molecule has 2 aromatic carbocycles. The van der Waals surface area contributed by atoms with E-state index in [1.165, 1.54) is 17.6 Å². The Hall–Kier alpha value is -8.63. The monoisotopic (exact) mass is 1200 g/mol. The Morgan fingerprint density at radius 1 is 0.871 bits per heavy atom. The van der Waals surface area contributed by atoms with E-state index in [1.54, 1.807) is 50.2 Å². The highest BCUT2D eigenvalue weighted by Gasteiger charge is 2.46. The van der Waals surface area contributed by atoms with Gasteiger partial charge in [0.2, 0.25) is 53.2 Å². The number of aliphatic hydroxyl groups is 1. The number of carbonyl (C=O) groups is 11. The molecule has 1 fully saturated rings. The number of imide groups is 1. The van der Waals surface area contributed by atoms with Gasteiger partial charge in [-0.2, -0.15) is 0 Å². The summed E-state index contributed by atoms with van der Waals surface area (Å²) in [6.45, 7) is 1.72. The SMILES string of the molecule is CC[C@@]1(O)C(=O)OCc2c1cc1n(c2=O)Cc2c-1nc1cc(F)c(C)c3c1c2[C@@H](NC(=O)COCNC(=O)CNC(=O)[C@H](Cc1ccccc1)NC(=O)CNC(=O)CNC(=O)CCCCCN1C(=O)CC(SC[C@H](NC(C)=O)C(=O)O)C1=O)CC3.